The Morgan fingerprint density at radius 1 is 1.12 bits per heavy atom. The van der Waals surface area contributed by atoms with Crippen LogP contribution >= 0.6 is 0 Å². The third kappa shape index (κ3) is 4.45. The predicted molar refractivity (Wildman–Crippen MR) is 99.4 cm³/mol. The molecule has 5 nitrogen and oxygen atoms in total. The van der Waals surface area contributed by atoms with Crippen LogP contribution in [0.5, 0.6) is 0 Å². The van der Waals surface area contributed by atoms with Gasteiger partial charge >= 0.3 is 0 Å². The molecule has 0 aromatic carbocycles. The topological polar surface area (TPSA) is 44.3 Å². The Morgan fingerprint density at radius 3 is 2.42 bits per heavy atom. The van der Waals surface area contributed by atoms with Crippen molar-refractivity contribution in [3.05, 3.63) is 18.0 Å². The number of nitrogens with one attached hydrogen (secondary N) is 1. The molecular formula is C19H33N5. The fourth-order valence-corrected chi connectivity index (χ4v) is 4.07. The lowest BCUT2D eigenvalue weighted by atomic mass is 9.91. The first-order valence-corrected chi connectivity index (χ1v) is 9.52. The summed E-state index contributed by atoms with van der Waals surface area (Å²) >= 11 is 0. The summed E-state index contributed by atoms with van der Waals surface area (Å²) < 4.78 is 0. The number of aromatic nitrogens is 2. The lowest BCUT2D eigenvalue weighted by molar-refractivity contribution is 0.137. The van der Waals surface area contributed by atoms with E-state index >= 15 is 0 Å². The van der Waals surface area contributed by atoms with Crippen molar-refractivity contribution in [1.82, 2.24) is 19.8 Å². The molecule has 2 aliphatic rings. The van der Waals surface area contributed by atoms with Crippen molar-refractivity contribution in [3.8, 4) is 0 Å². The molecule has 2 atom stereocenters. The van der Waals surface area contributed by atoms with Gasteiger partial charge in [-0.3, -0.25) is 4.90 Å². The zero-order valence-electron chi connectivity index (χ0n) is 15.7. The average molecular weight is 332 g/mol. The van der Waals surface area contributed by atoms with Crippen LogP contribution in [-0.2, 0) is 0 Å². The minimum absolute atomic E-state index is 0.449. The molecule has 2 unspecified atom stereocenters. The van der Waals surface area contributed by atoms with Crippen molar-refractivity contribution in [2.75, 3.05) is 38.5 Å². The van der Waals surface area contributed by atoms with Gasteiger partial charge in [-0.1, -0.05) is 6.92 Å². The molecule has 1 aromatic heterocycles. The molecule has 3 rings (SSSR count). The van der Waals surface area contributed by atoms with Gasteiger partial charge in [-0.15, -0.1) is 0 Å². The third-order valence-electron chi connectivity index (χ3n) is 5.61. The van der Waals surface area contributed by atoms with E-state index in [1.54, 1.807) is 0 Å². The number of nitrogens with zero attached hydrogens (tertiary/aromatic N) is 4. The van der Waals surface area contributed by atoms with Crippen molar-refractivity contribution in [3.63, 3.8) is 0 Å². The number of hydrogen-bond acceptors (Lipinski definition) is 5. The van der Waals surface area contributed by atoms with Gasteiger partial charge < -0.3 is 10.2 Å². The summed E-state index contributed by atoms with van der Waals surface area (Å²) in [5.74, 6) is 2.13. The highest BCUT2D eigenvalue weighted by atomic mass is 15.2. The number of anilines is 1. The van der Waals surface area contributed by atoms with E-state index in [1.807, 2.05) is 12.4 Å². The SMILES string of the molecule is CC1CC(Nc2ncc(C3CCN(C)CC3)cn2)CN(C(C)C)C1. The second kappa shape index (κ2) is 7.79. The van der Waals surface area contributed by atoms with Gasteiger partial charge in [0.25, 0.3) is 0 Å². The second-order valence-corrected chi connectivity index (χ2v) is 8.15. The zero-order chi connectivity index (χ0) is 17.1. The molecular weight excluding hydrogens is 298 g/mol. The van der Waals surface area contributed by atoms with Crippen LogP contribution in [0.2, 0.25) is 0 Å². The standard InChI is InChI=1S/C19H33N5/c1-14(2)24-12-15(3)9-18(13-24)22-19-20-10-17(11-21-19)16-5-7-23(4)8-6-16/h10-11,14-16,18H,5-9,12-13H2,1-4H3,(H,20,21,22). The molecule has 0 amide bonds. The van der Waals surface area contributed by atoms with Crippen LogP contribution in [-0.4, -0.2) is 65.1 Å². The Morgan fingerprint density at radius 2 is 1.79 bits per heavy atom. The van der Waals surface area contributed by atoms with E-state index in [0.717, 1.165) is 18.4 Å². The van der Waals surface area contributed by atoms with Crippen LogP contribution in [0.3, 0.4) is 0 Å². The first-order valence-electron chi connectivity index (χ1n) is 9.52. The monoisotopic (exact) mass is 331 g/mol. The van der Waals surface area contributed by atoms with Crippen molar-refractivity contribution in [2.45, 2.75) is 58.0 Å². The molecule has 1 N–H and O–H groups in total. The lowest BCUT2D eigenvalue weighted by Crippen LogP contribution is -2.48. The van der Waals surface area contributed by atoms with Crippen molar-refractivity contribution >= 4 is 5.95 Å². The summed E-state index contributed by atoms with van der Waals surface area (Å²) in [7, 11) is 2.20. The Bertz CT molecular complexity index is 507. The van der Waals surface area contributed by atoms with Crippen LogP contribution in [0.1, 0.15) is 51.5 Å². The number of piperidine rings is 2. The third-order valence-corrected chi connectivity index (χ3v) is 5.61. The van der Waals surface area contributed by atoms with Gasteiger partial charge in [0.05, 0.1) is 0 Å². The Kier molecular flexibility index (Phi) is 5.72. The van der Waals surface area contributed by atoms with Gasteiger partial charge in [0, 0.05) is 37.6 Å². The van der Waals surface area contributed by atoms with Gasteiger partial charge in [0.1, 0.15) is 0 Å². The Labute approximate surface area is 146 Å². The van der Waals surface area contributed by atoms with Gasteiger partial charge in [0.2, 0.25) is 5.95 Å². The fourth-order valence-electron chi connectivity index (χ4n) is 4.07. The van der Waals surface area contributed by atoms with Crippen LogP contribution in [0, 0.1) is 5.92 Å². The van der Waals surface area contributed by atoms with Crippen LogP contribution < -0.4 is 5.32 Å². The Hall–Kier alpha value is -1.20. The largest absolute Gasteiger partial charge is 0.350 e. The quantitative estimate of drug-likeness (QED) is 0.919. The molecule has 5 heteroatoms. The lowest BCUT2D eigenvalue weighted by Gasteiger charge is -2.39. The molecule has 134 valence electrons. The van der Waals surface area contributed by atoms with Gasteiger partial charge in [-0.05, 0) is 70.6 Å². The number of hydrogen-bond donors (Lipinski definition) is 1. The molecule has 24 heavy (non-hydrogen) atoms. The van der Waals surface area contributed by atoms with E-state index in [4.69, 9.17) is 0 Å². The minimum atomic E-state index is 0.449. The zero-order valence-corrected chi connectivity index (χ0v) is 15.7. The van der Waals surface area contributed by atoms with Gasteiger partial charge in [0.15, 0.2) is 0 Å². The van der Waals surface area contributed by atoms with E-state index in [9.17, 15) is 0 Å². The summed E-state index contributed by atoms with van der Waals surface area (Å²) in [6.07, 6.45) is 7.71. The van der Waals surface area contributed by atoms with Crippen LogP contribution in [0.15, 0.2) is 12.4 Å². The van der Waals surface area contributed by atoms with Crippen molar-refractivity contribution in [1.29, 1.82) is 0 Å². The molecule has 2 saturated heterocycles. The molecule has 0 radical (unpaired) electrons. The minimum Gasteiger partial charge on any atom is -0.350 e. The summed E-state index contributed by atoms with van der Waals surface area (Å²) in [5.41, 5.74) is 1.30. The van der Waals surface area contributed by atoms with E-state index in [-0.39, 0.29) is 0 Å². The van der Waals surface area contributed by atoms with E-state index < -0.39 is 0 Å². The molecule has 3 heterocycles. The van der Waals surface area contributed by atoms with Crippen LogP contribution in [0.4, 0.5) is 5.95 Å². The summed E-state index contributed by atoms with van der Waals surface area (Å²) in [5, 5.41) is 3.56. The van der Waals surface area contributed by atoms with E-state index in [0.29, 0.717) is 18.0 Å². The smallest absolute Gasteiger partial charge is 0.222 e. The van der Waals surface area contributed by atoms with E-state index in [1.165, 1.54) is 44.5 Å². The van der Waals surface area contributed by atoms with Crippen molar-refractivity contribution < 1.29 is 0 Å². The maximum atomic E-state index is 4.61. The molecule has 2 aliphatic heterocycles. The fraction of sp³-hybridized carbons (Fsp3) is 0.789. The predicted octanol–water partition coefficient (Wildman–Crippen LogP) is 2.82. The first-order chi connectivity index (χ1) is 11.5. The molecule has 0 bridgehead atoms. The number of rotatable bonds is 4. The van der Waals surface area contributed by atoms with E-state index in [2.05, 4.69) is 52.9 Å². The molecule has 0 aliphatic carbocycles. The van der Waals surface area contributed by atoms with Crippen LogP contribution in [0.25, 0.3) is 0 Å². The normalized spacial score (nSPS) is 27.5. The molecule has 2 fully saturated rings. The van der Waals surface area contributed by atoms with Gasteiger partial charge in [-0.25, -0.2) is 9.97 Å². The van der Waals surface area contributed by atoms with Gasteiger partial charge in [-0.2, -0.15) is 0 Å². The molecule has 0 saturated carbocycles. The highest BCUT2D eigenvalue weighted by Crippen LogP contribution is 2.27. The highest BCUT2D eigenvalue weighted by molar-refractivity contribution is 5.28. The summed E-state index contributed by atoms with van der Waals surface area (Å²) in [4.78, 5) is 14.2. The summed E-state index contributed by atoms with van der Waals surface area (Å²) in [6.45, 7) is 11.5. The maximum Gasteiger partial charge on any atom is 0.222 e. The highest BCUT2D eigenvalue weighted by Gasteiger charge is 2.26. The van der Waals surface area contributed by atoms with Crippen molar-refractivity contribution in [2.24, 2.45) is 5.92 Å². The maximum absolute atomic E-state index is 4.61. The average Bonchev–Trinajstić information content (AvgIpc) is 2.56. The number of likely N-dealkylation sites (tertiary alicyclic amines) is 2. The summed E-state index contributed by atoms with van der Waals surface area (Å²) in [6, 6.07) is 1.05. The Balaban J connectivity index is 1.57. The second-order valence-electron chi connectivity index (χ2n) is 8.15. The molecule has 0 spiro atoms. The first kappa shape index (κ1) is 17.6. The molecule has 1 aromatic rings.